The second-order valence-electron chi connectivity index (χ2n) is 5.41. The molecule has 0 spiro atoms. The van der Waals surface area contributed by atoms with Crippen LogP contribution in [0.1, 0.15) is 46.9 Å². The van der Waals surface area contributed by atoms with Gasteiger partial charge in [0.05, 0.1) is 17.7 Å². The van der Waals surface area contributed by atoms with Crippen molar-refractivity contribution < 1.29 is 9.53 Å². The highest BCUT2D eigenvalue weighted by Gasteiger charge is 2.31. The highest BCUT2D eigenvalue weighted by molar-refractivity contribution is 7.09. The highest BCUT2D eigenvalue weighted by Crippen LogP contribution is 2.34. The summed E-state index contributed by atoms with van der Waals surface area (Å²) in [5.41, 5.74) is 1.74. The molecule has 1 amide bonds. The molecule has 22 heavy (non-hydrogen) atoms. The summed E-state index contributed by atoms with van der Waals surface area (Å²) in [4.78, 5) is 18.9. The highest BCUT2D eigenvalue weighted by atomic mass is 32.1. The first-order valence-electron chi connectivity index (χ1n) is 7.65. The Kier molecular flexibility index (Phi) is 4.43. The minimum Gasteiger partial charge on any atom is -0.494 e. The molecule has 1 aliphatic rings. The first-order valence-corrected chi connectivity index (χ1v) is 8.53. The summed E-state index contributed by atoms with van der Waals surface area (Å²) in [6.07, 6.45) is 2.04. The predicted octanol–water partition coefficient (Wildman–Crippen LogP) is 3.83. The number of ether oxygens (including phenoxy) is 1. The fourth-order valence-electron chi connectivity index (χ4n) is 2.92. The van der Waals surface area contributed by atoms with E-state index in [1.165, 1.54) is 16.9 Å². The van der Waals surface area contributed by atoms with Crippen molar-refractivity contribution in [3.63, 3.8) is 0 Å². The number of amides is 1. The van der Waals surface area contributed by atoms with Crippen LogP contribution in [0.3, 0.4) is 0 Å². The number of thiazole rings is 1. The molecule has 0 radical (unpaired) electrons. The Morgan fingerprint density at radius 1 is 1.41 bits per heavy atom. The Bertz CT molecular complexity index is 651. The van der Waals surface area contributed by atoms with Gasteiger partial charge in [0.15, 0.2) is 0 Å². The summed E-state index contributed by atoms with van der Waals surface area (Å²) in [5, 5.41) is 2.78. The number of hydrogen-bond acceptors (Lipinski definition) is 4. The van der Waals surface area contributed by atoms with E-state index >= 15 is 0 Å². The van der Waals surface area contributed by atoms with Gasteiger partial charge in [-0.25, -0.2) is 4.98 Å². The molecule has 4 nitrogen and oxygen atoms in total. The van der Waals surface area contributed by atoms with E-state index < -0.39 is 0 Å². The molecule has 0 saturated carbocycles. The zero-order valence-corrected chi connectivity index (χ0v) is 13.7. The Hall–Kier alpha value is -1.88. The maximum absolute atomic E-state index is 12.7. The number of carbonyl (C=O) groups is 1. The second-order valence-corrected chi connectivity index (χ2v) is 6.47. The van der Waals surface area contributed by atoms with Gasteiger partial charge < -0.3 is 9.64 Å². The Morgan fingerprint density at radius 2 is 2.18 bits per heavy atom. The second kappa shape index (κ2) is 6.48. The lowest BCUT2D eigenvalue weighted by Crippen LogP contribution is -2.30. The molecular weight excluding hydrogens is 296 g/mol. The van der Waals surface area contributed by atoms with Crippen LogP contribution >= 0.6 is 11.3 Å². The molecule has 1 aliphatic heterocycles. The molecule has 1 fully saturated rings. The summed E-state index contributed by atoms with van der Waals surface area (Å²) < 4.78 is 5.48. The average molecular weight is 316 g/mol. The van der Waals surface area contributed by atoms with E-state index in [9.17, 15) is 4.79 Å². The van der Waals surface area contributed by atoms with E-state index in [2.05, 4.69) is 17.1 Å². The quantitative estimate of drug-likeness (QED) is 0.861. The van der Waals surface area contributed by atoms with Gasteiger partial charge in [0, 0.05) is 11.9 Å². The molecule has 0 bridgehead atoms. The maximum Gasteiger partial charge on any atom is 0.273 e. The van der Waals surface area contributed by atoms with Gasteiger partial charge in [-0.1, -0.05) is 12.1 Å². The lowest BCUT2D eigenvalue weighted by Gasteiger charge is -2.24. The standard InChI is InChI=1S/C17H20N2O2S/c1-3-21-14-8-6-13(7-9-14)16-5-4-10-19(16)17(20)15-11-22-12(2)18-15/h6-9,11,16H,3-5,10H2,1-2H3. The largest absolute Gasteiger partial charge is 0.494 e. The third-order valence-electron chi connectivity index (χ3n) is 3.93. The number of hydrogen-bond donors (Lipinski definition) is 0. The number of rotatable bonds is 4. The Morgan fingerprint density at radius 3 is 2.82 bits per heavy atom. The molecule has 1 aromatic carbocycles. The van der Waals surface area contributed by atoms with E-state index in [1.54, 1.807) is 0 Å². The molecule has 0 aliphatic carbocycles. The summed E-state index contributed by atoms with van der Waals surface area (Å²) >= 11 is 1.52. The van der Waals surface area contributed by atoms with Crippen LogP contribution < -0.4 is 4.74 Å². The molecule has 1 saturated heterocycles. The van der Waals surface area contributed by atoms with Crippen LogP contribution in [-0.2, 0) is 0 Å². The van der Waals surface area contributed by atoms with Gasteiger partial charge in [0.2, 0.25) is 0 Å². The minimum absolute atomic E-state index is 0.0423. The van der Waals surface area contributed by atoms with E-state index in [4.69, 9.17) is 4.74 Å². The van der Waals surface area contributed by atoms with Crippen molar-refractivity contribution in [3.05, 3.63) is 45.9 Å². The van der Waals surface area contributed by atoms with Crippen LogP contribution in [0.15, 0.2) is 29.6 Å². The molecule has 116 valence electrons. The number of nitrogens with zero attached hydrogens (tertiary/aromatic N) is 2. The molecule has 0 N–H and O–H groups in total. The molecule has 1 atom stereocenters. The van der Waals surface area contributed by atoms with Crippen molar-refractivity contribution in [1.29, 1.82) is 0 Å². The third kappa shape index (κ3) is 2.99. The van der Waals surface area contributed by atoms with Crippen molar-refractivity contribution in [1.82, 2.24) is 9.88 Å². The Labute approximate surface area is 134 Å². The van der Waals surface area contributed by atoms with Gasteiger partial charge in [0.25, 0.3) is 5.91 Å². The summed E-state index contributed by atoms with van der Waals surface area (Å²) in [6.45, 7) is 5.36. The number of likely N-dealkylation sites (tertiary alicyclic amines) is 1. The van der Waals surface area contributed by atoms with Gasteiger partial charge in [-0.05, 0) is 44.4 Å². The van der Waals surface area contributed by atoms with E-state index in [0.29, 0.717) is 12.3 Å². The lowest BCUT2D eigenvalue weighted by molar-refractivity contribution is 0.0730. The molecule has 3 rings (SSSR count). The van der Waals surface area contributed by atoms with E-state index in [-0.39, 0.29) is 11.9 Å². The SMILES string of the molecule is CCOc1ccc(C2CCCN2C(=O)c2csc(C)n2)cc1. The topological polar surface area (TPSA) is 42.4 Å². The summed E-state index contributed by atoms with van der Waals surface area (Å²) in [7, 11) is 0. The number of carbonyl (C=O) groups excluding carboxylic acids is 1. The monoisotopic (exact) mass is 316 g/mol. The van der Waals surface area contributed by atoms with Crippen LogP contribution in [0.25, 0.3) is 0 Å². The molecule has 2 heterocycles. The first kappa shape index (κ1) is 15.0. The van der Waals surface area contributed by atoms with Crippen LogP contribution in [0, 0.1) is 6.92 Å². The van der Waals surface area contributed by atoms with E-state index in [1.807, 2.05) is 36.3 Å². The molecule has 2 aromatic rings. The Balaban J connectivity index is 1.79. The molecule has 5 heteroatoms. The lowest BCUT2D eigenvalue weighted by atomic mass is 10.0. The van der Waals surface area contributed by atoms with Gasteiger partial charge in [-0.3, -0.25) is 4.79 Å². The number of aryl methyl sites for hydroxylation is 1. The fraction of sp³-hybridized carbons (Fsp3) is 0.412. The maximum atomic E-state index is 12.7. The molecule has 1 aromatic heterocycles. The zero-order valence-electron chi connectivity index (χ0n) is 12.9. The van der Waals surface area contributed by atoms with E-state index in [0.717, 1.165) is 30.1 Å². The van der Waals surface area contributed by atoms with Crippen LogP contribution in [0.4, 0.5) is 0 Å². The zero-order chi connectivity index (χ0) is 15.5. The first-order chi connectivity index (χ1) is 10.7. The predicted molar refractivity (Wildman–Crippen MR) is 87.5 cm³/mol. The van der Waals surface area contributed by atoms with Gasteiger partial charge >= 0.3 is 0 Å². The number of aromatic nitrogens is 1. The van der Waals surface area contributed by atoms with Gasteiger partial charge in [-0.2, -0.15) is 0 Å². The average Bonchev–Trinajstić information content (AvgIpc) is 3.16. The van der Waals surface area contributed by atoms with Gasteiger partial charge in [-0.15, -0.1) is 11.3 Å². The van der Waals surface area contributed by atoms with Crippen molar-refractivity contribution in [3.8, 4) is 5.75 Å². The van der Waals surface area contributed by atoms with Crippen LogP contribution in [0.5, 0.6) is 5.75 Å². The van der Waals surface area contributed by atoms with Crippen molar-refractivity contribution >= 4 is 17.2 Å². The normalized spacial score (nSPS) is 17.7. The van der Waals surface area contributed by atoms with Gasteiger partial charge in [0.1, 0.15) is 11.4 Å². The minimum atomic E-state index is 0.0423. The molecular formula is C17H20N2O2S. The van der Waals surface area contributed by atoms with Crippen molar-refractivity contribution in [2.24, 2.45) is 0 Å². The summed E-state index contributed by atoms with van der Waals surface area (Å²) in [5.74, 6) is 0.915. The number of benzene rings is 1. The van der Waals surface area contributed by atoms with Crippen LogP contribution in [-0.4, -0.2) is 28.9 Å². The van der Waals surface area contributed by atoms with Crippen molar-refractivity contribution in [2.45, 2.75) is 32.7 Å². The molecule has 1 unspecified atom stereocenters. The van der Waals surface area contributed by atoms with Crippen LogP contribution in [0.2, 0.25) is 0 Å². The summed E-state index contributed by atoms with van der Waals surface area (Å²) in [6, 6.07) is 8.23. The fourth-order valence-corrected chi connectivity index (χ4v) is 3.50. The third-order valence-corrected chi connectivity index (χ3v) is 4.70. The van der Waals surface area contributed by atoms with Crippen molar-refractivity contribution in [2.75, 3.05) is 13.2 Å². The smallest absolute Gasteiger partial charge is 0.273 e.